The molecule has 0 saturated carbocycles. The number of nitrogens with zero attached hydrogens (tertiary/aromatic N) is 2. The molecule has 0 amide bonds. The quantitative estimate of drug-likeness (QED) is 0.157. The number of phenols is 2. The zero-order valence-corrected chi connectivity index (χ0v) is 22.3. The Morgan fingerprint density at radius 2 is 1.60 bits per heavy atom. The first-order chi connectivity index (χ1) is 19.8. The van der Waals surface area contributed by atoms with Gasteiger partial charge in [-0.3, -0.25) is 4.79 Å². The smallest absolute Gasteiger partial charge is 0.303 e. The van der Waals surface area contributed by atoms with E-state index in [2.05, 4.69) is 0 Å². The van der Waals surface area contributed by atoms with E-state index in [4.69, 9.17) is 16.0 Å². The highest BCUT2D eigenvalue weighted by atomic mass is 16.5. The normalized spacial score (nSPS) is 13.3. The van der Waals surface area contributed by atoms with E-state index in [1.165, 1.54) is 12.1 Å². The van der Waals surface area contributed by atoms with E-state index in [0.29, 0.717) is 47.0 Å². The maximum atomic E-state index is 10.6. The fourth-order valence-corrected chi connectivity index (χ4v) is 4.24. The number of hydrogen-bond acceptors (Lipinski definition) is 7. The minimum absolute atomic E-state index is 0.00870. The zero-order chi connectivity index (χ0) is 29.6. The summed E-state index contributed by atoms with van der Waals surface area (Å²) < 4.78 is 19.7. The lowest BCUT2D eigenvalue weighted by molar-refractivity contribution is -0.137. The molecule has 8 nitrogen and oxygen atoms in total. The highest BCUT2D eigenvalue weighted by Crippen LogP contribution is 2.38. The third kappa shape index (κ3) is 9.25. The van der Waals surface area contributed by atoms with Gasteiger partial charge in [-0.15, -0.1) is 0 Å². The van der Waals surface area contributed by atoms with Gasteiger partial charge < -0.3 is 24.8 Å². The molecule has 1 aliphatic rings. The van der Waals surface area contributed by atoms with Crippen LogP contribution in [0.4, 0.5) is 0 Å². The second-order valence-corrected chi connectivity index (χ2v) is 9.38. The number of allylic oxidation sites excluding steroid dienone is 4. The molecule has 0 radical (unpaired) electrons. The maximum absolute atomic E-state index is 10.6. The van der Waals surface area contributed by atoms with Gasteiger partial charge in [-0.1, -0.05) is 44.9 Å². The lowest BCUT2D eigenvalue weighted by atomic mass is 9.97. The average molecular weight is 544 g/mol. The van der Waals surface area contributed by atoms with Crippen molar-refractivity contribution in [1.29, 1.82) is 10.5 Å². The molecule has 40 heavy (non-hydrogen) atoms. The van der Waals surface area contributed by atoms with Crippen LogP contribution >= 0.6 is 0 Å². The van der Waals surface area contributed by atoms with Gasteiger partial charge in [-0.25, -0.2) is 0 Å². The Labute approximate surface area is 236 Å². The summed E-state index contributed by atoms with van der Waals surface area (Å²) in [7, 11) is 0. The molecule has 0 saturated heterocycles. The number of carboxylic acid groups (broad SMARTS) is 1. The second kappa shape index (κ2) is 15.7. The lowest BCUT2D eigenvalue weighted by Gasteiger charge is -2.19. The molecule has 0 aromatic heterocycles. The SMILES string of the molecule is [2H]C(CCCCCCCCOc1cc(O)ccc1/C=C/C1=CC(=C(C#N)C#N)c2cc(O)ccc2O1)CCC(=O)O. The van der Waals surface area contributed by atoms with Crippen LogP contribution in [0.1, 0.15) is 76.7 Å². The molecule has 2 aromatic rings. The number of aliphatic carboxylic acids is 1. The molecule has 0 fully saturated rings. The summed E-state index contributed by atoms with van der Waals surface area (Å²) >= 11 is 0. The number of rotatable bonds is 15. The molecule has 0 aliphatic carbocycles. The Morgan fingerprint density at radius 3 is 2.33 bits per heavy atom. The van der Waals surface area contributed by atoms with Crippen LogP contribution in [0, 0.1) is 22.7 Å². The summed E-state index contributed by atoms with van der Waals surface area (Å²) in [4.78, 5) is 10.6. The van der Waals surface area contributed by atoms with Gasteiger partial charge in [0.15, 0.2) is 0 Å². The van der Waals surface area contributed by atoms with Crippen LogP contribution in [-0.4, -0.2) is 27.9 Å². The lowest BCUT2D eigenvalue weighted by Crippen LogP contribution is -2.04. The first-order valence-electron chi connectivity index (χ1n) is 13.9. The number of nitriles is 2. The van der Waals surface area contributed by atoms with Crippen molar-refractivity contribution in [3.8, 4) is 35.1 Å². The number of ether oxygens (including phenoxy) is 2. The number of carboxylic acids is 1. The first kappa shape index (κ1) is 28.3. The summed E-state index contributed by atoms with van der Waals surface area (Å²) in [6.45, 7) is 0.477. The molecule has 0 spiro atoms. The summed E-state index contributed by atoms with van der Waals surface area (Å²) in [5.41, 5.74) is 1.41. The highest BCUT2D eigenvalue weighted by Gasteiger charge is 2.20. The maximum Gasteiger partial charge on any atom is 0.303 e. The fraction of sp³-hybridized carbons (Fsp3) is 0.344. The van der Waals surface area contributed by atoms with Gasteiger partial charge in [0.2, 0.25) is 0 Å². The molecule has 3 N–H and O–H groups in total. The van der Waals surface area contributed by atoms with Crippen LogP contribution in [0.3, 0.4) is 0 Å². The van der Waals surface area contributed by atoms with Crippen molar-refractivity contribution < 1.29 is 31.0 Å². The molecule has 1 unspecified atom stereocenters. The Hall–Kier alpha value is -4.69. The topological polar surface area (TPSA) is 144 Å². The molecule has 3 rings (SSSR count). The predicted octanol–water partition coefficient (Wildman–Crippen LogP) is 7.25. The number of fused-ring (bicyclic) bond motifs is 1. The van der Waals surface area contributed by atoms with Gasteiger partial charge >= 0.3 is 5.97 Å². The minimum Gasteiger partial charge on any atom is -0.508 e. The number of carbonyl (C=O) groups is 1. The Bertz CT molecular complexity index is 1380. The van der Waals surface area contributed by atoms with Crippen molar-refractivity contribution in [2.75, 3.05) is 6.61 Å². The van der Waals surface area contributed by atoms with Crippen LogP contribution < -0.4 is 9.47 Å². The molecule has 1 aliphatic heterocycles. The standard InChI is InChI=1S/C32H34N2O6/c33-21-24(22-34)28-20-27(40-30-16-14-25(35)18-29(28)30)15-12-23-11-13-26(36)19-31(23)39-17-9-7-5-3-1-2-4-6-8-10-32(37)38/h11-16,18-20,35-36H,1-10,17H2,(H,37,38)/b15-12+/i6D. The van der Waals surface area contributed by atoms with Crippen molar-refractivity contribution in [2.24, 2.45) is 0 Å². The summed E-state index contributed by atoms with van der Waals surface area (Å²) in [6, 6.07) is 13.1. The minimum atomic E-state index is -0.846. The van der Waals surface area contributed by atoms with Crippen molar-refractivity contribution in [3.05, 3.63) is 71.0 Å². The number of unbranched alkanes of at least 4 members (excludes halogenated alkanes) is 5. The van der Waals surface area contributed by atoms with Gasteiger partial charge in [-0.05, 0) is 61.4 Å². The van der Waals surface area contributed by atoms with Crippen LogP contribution in [0.5, 0.6) is 23.0 Å². The third-order valence-corrected chi connectivity index (χ3v) is 6.31. The van der Waals surface area contributed by atoms with Crippen LogP contribution in [-0.2, 0) is 4.79 Å². The van der Waals surface area contributed by atoms with E-state index in [9.17, 15) is 25.5 Å². The molecular weight excluding hydrogens is 508 g/mol. The van der Waals surface area contributed by atoms with E-state index in [0.717, 1.165) is 44.9 Å². The average Bonchev–Trinajstić information content (AvgIpc) is 2.95. The van der Waals surface area contributed by atoms with E-state index in [1.54, 1.807) is 42.5 Å². The number of aromatic hydroxyl groups is 2. The van der Waals surface area contributed by atoms with Gasteiger partial charge in [0.25, 0.3) is 0 Å². The highest BCUT2D eigenvalue weighted by molar-refractivity contribution is 5.87. The van der Waals surface area contributed by atoms with Gasteiger partial charge in [0.1, 0.15) is 46.5 Å². The van der Waals surface area contributed by atoms with Crippen molar-refractivity contribution in [1.82, 2.24) is 0 Å². The van der Waals surface area contributed by atoms with E-state index in [-0.39, 0.29) is 29.9 Å². The Kier molecular flexibility index (Phi) is 11.1. The summed E-state index contributed by atoms with van der Waals surface area (Å²) in [5.74, 6) is 0.525. The molecule has 1 heterocycles. The fourth-order valence-electron chi connectivity index (χ4n) is 4.24. The second-order valence-electron chi connectivity index (χ2n) is 9.38. The van der Waals surface area contributed by atoms with E-state index in [1.807, 2.05) is 12.1 Å². The number of phenolic OH excluding ortho intramolecular Hbond substituents is 2. The van der Waals surface area contributed by atoms with Crippen molar-refractivity contribution in [3.63, 3.8) is 0 Å². The largest absolute Gasteiger partial charge is 0.508 e. The van der Waals surface area contributed by atoms with Crippen molar-refractivity contribution >= 4 is 17.6 Å². The molecule has 1 atom stereocenters. The van der Waals surface area contributed by atoms with E-state index >= 15 is 0 Å². The van der Waals surface area contributed by atoms with Gasteiger partial charge in [0, 0.05) is 30.6 Å². The van der Waals surface area contributed by atoms with Crippen LogP contribution in [0.2, 0.25) is 0 Å². The molecular formula is C32H34N2O6. The molecule has 0 bridgehead atoms. The summed E-state index contributed by atoms with van der Waals surface area (Å²) in [6.07, 6.45) is 11.8. The van der Waals surface area contributed by atoms with Crippen LogP contribution in [0.15, 0.2) is 59.9 Å². The number of benzene rings is 2. The predicted molar refractivity (Wildman–Crippen MR) is 151 cm³/mol. The first-order valence-corrected chi connectivity index (χ1v) is 13.4. The zero-order valence-electron chi connectivity index (χ0n) is 23.3. The Morgan fingerprint density at radius 1 is 0.925 bits per heavy atom. The summed E-state index contributed by atoms with van der Waals surface area (Å²) in [5, 5.41) is 47.4. The molecule has 2 aromatic carbocycles. The monoisotopic (exact) mass is 543 g/mol. The van der Waals surface area contributed by atoms with Gasteiger partial charge in [0.05, 0.1) is 6.61 Å². The third-order valence-electron chi connectivity index (χ3n) is 6.31. The van der Waals surface area contributed by atoms with Crippen LogP contribution in [0.25, 0.3) is 11.6 Å². The van der Waals surface area contributed by atoms with Crippen molar-refractivity contribution in [2.45, 2.75) is 64.2 Å². The van der Waals surface area contributed by atoms with E-state index < -0.39 is 5.97 Å². The Balaban J connectivity index is 1.53. The van der Waals surface area contributed by atoms with Gasteiger partial charge in [-0.2, -0.15) is 10.5 Å². The molecule has 8 heteroatoms. The molecule has 208 valence electrons. The number of hydrogen-bond donors (Lipinski definition) is 3.